The normalized spacial score (nSPS) is 18.4. The smallest absolute Gasteiger partial charge is 0.255 e. The van der Waals surface area contributed by atoms with Crippen LogP contribution in [0.5, 0.6) is 0 Å². The molecule has 2 aliphatic rings. The fourth-order valence-corrected chi connectivity index (χ4v) is 4.08. The molecule has 31 heavy (non-hydrogen) atoms. The zero-order valence-corrected chi connectivity index (χ0v) is 17.4. The molecule has 0 spiro atoms. The number of fused-ring (bicyclic) bond motifs is 1. The number of hydrogen-bond acceptors (Lipinski definition) is 4. The third kappa shape index (κ3) is 4.66. The van der Waals surface area contributed by atoms with Crippen molar-refractivity contribution >= 4 is 23.6 Å². The highest BCUT2D eigenvalue weighted by atomic mass is 16.2. The van der Waals surface area contributed by atoms with Crippen molar-refractivity contribution in [3.63, 3.8) is 0 Å². The Labute approximate surface area is 180 Å². The van der Waals surface area contributed by atoms with Gasteiger partial charge in [0.05, 0.1) is 6.42 Å². The van der Waals surface area contributed by atoms with Gasteiger partial charge in [-0.25, -0.2) is 0 Å². The van der Waals surface area contributed by atoms with E-state index in [1.165, 1.54) is 0 Å². The van der Waals surface area contributed by atoms with Crippen LogP contribution in [0.1, 0.15) is 51.9 Å². The molecule has 0 aromatic heterocycles. The summed E-state index contributed by atoms with van der Waals surface area (Å²) in [4.78, 5) is 50.6. The first-order valence-electron chi connectivity index (χ1n) is 10.5. The van der Waals surface area contributed by atoms with E-state index in [-0.39, 0.29) is 17.7 Å². The Kier molecular flexibility index (Phi) is 5.84. The molecule has 0 saturated carbocycles. The summed E-state index contributed by atoms with van der Waals surface area (Å²) in [5.74, 6) is -0.964. The van der Waals surface area contributed by atoms with E-state index in [2.05, 4.69) is 10.6 Å². The molecular weight excluding hydrogens is 394 g/mol. The van der Waals surface area contributed by atoms with Crippen LogP contribution < -0.4 is 10.6 Å². The van der Waals surface area contributed by atoms with Crippen molar-refractivity contribution in [2.75, 3.05) is 0 Å². The minimum atomic E-state index is -0.635. The molecule has 2 N–H and O–H groups in total. The first-order valence-corrected chi connectivity index (χ1v) is 10.5. The number of nitrogens with zero attached hydrogens (tertiary/aromatic N) is 1. The van der Waals surface area contributed by atoms with Gasteiger partial charge < -0.3 is 10.2 Å². The van der Waals surface area contributed by atoms with E-state index in [0.29, 0.717) is 44.3 Å². The SMILES string of the molecule is Cc1ccc(CC(=O)NCc2ccc3c(c2)CN([C@H]2CCCC(=O)NC2=O)C3=O)cc1. The fourth-order valence-electron chi connectivity index (χ4n) is 4.08. The lowest BCUT2D eigenvalue weighted by atomic mass is 10.1. The van der Waals surface area contributed by atoms with Crippen molar-refractivity contribution in [2.45, 2.75) is 51.7 Å². The van der Waals surface area contributed by atoms with E-state index in [4.69, 9.17) is 0 Å². The van der Waals surface area contributed by atoms with Gasteiger partial charge in [0.2, 0.25) is 17.7 Å². The molecule has 1 fully saturated rings. The Morgan fingerprint density at radius 2 is 1.84 bits per heavy atom. The first-order chi connectivity index (χ1) is 14.9. The van der Waals surface area contributed by atoms with E-state index in [0.717, 1.165) is 22.3 Å². The van der Waals surface area contributed by atoms with Gasteiger partial charge in [0.1, 0.15) is 6.04 Å². The van der Waals surface area contributed by atoms with Gasteiger partial charge in [-0.3, -0.25) is 24.5 Å². The van der Waals surface area contributed by atoms with Crippen LogP contribution in [-0.2, 0) is 33.9 Å². The van der Waals surface area contributed by atoms with Crippen molar-refractivity contribution in [2.24, 2.45) is 0 Å². The summed E-state index contributed by atoms with van der Waals surface area (Å²) < 4.78 is 0. The number of hydrogen-bond donors (Lipinski definition) is 2. The molecule has 1 atom stereocenters. The third-order valence-electron chi connectivity index (χ3n) is 5.80. The fraction of sp³-hybridized carbons (Fsp3) is 0.333. The summed E-state index contributed by atoms with van der Waals surface area (Å²) in [7, 11) is 0. The molecule has 2 aromatic carbocycles. The lowest BCUT2D eigenvalue weighted by Crippen LogP contribution is -2.46. The summed E-state index contributed by atoms with van der Waals surface area (Å²) in [6, 6.07) is 12.7. The topological polar surface area (TPSA) is 95.6 Å². The highest BCUT2D eigenvalue weighted by Gasteiger charge is 2.37. The zero-order valence-electron chi connectivity index (χ0n) is 17.4. The maximum Gasteiger partial charge on any atom is 0.255 e. The monoisotopic (exact) mass is 419 g/mol. The minimum absolute atomic E-state index is 0.0677. The molecule has 7 heteroatoms. The molecule has 7 nitrogen and oxygen atoms in total. The Bertz CT molecular complexity index is 1050. The van der Waals surface area contributed by atoms with Crippen LogP contribution in [0.15, 0.2) is 42.5 Å². The zero-order chi connectivity index (χ0) is 22.0. The first kappa shape index (κ1) is 20.8. The van der Waals surface area contributed by atoms with Gasteiger partial charge in [-0.15, -0.1) is 0 Å². The third-order valence-corrected chi connectivity index (χ3v) is 5.80. The number of benzene rings is 2. The van der Waals surface area contributed by atoms with E-state index < -0.39 is 11.9 Å². The van der Waals surface area contributed by atoms with Crippen LogP contribution in [-0.4, -0.2) is 34.6 Å². The number of imide groups is 1. The quantitative estimate of drug-likeness (QED) is 0.725. The van der Waals surface area contributed by atoms with Crippen molar-refractivity contribution in [1.82, 2.24) is 15.5 Å². The van der Waals surface area contributed by atoms with Gasteiger partial charge >= 0.3 is 0 Å². The van der Waals surface area contributed by atoms with Gasteiger partial charge in [-0.05, 0) is 42.5 Å². The Balaban J connectivity index is 1.39. The average Bonchev–Trinajstić information content (AvgIpc) is 2.96. The van der Waals surface area contributed by atoms with Crippen molar-refractivity contribution in [1.29, 1.82) is 0 Å². The van der Waals surface area contributed by atoms with E-state index in [1.54, 1.807) is 11.0 Å². The number of carbonyl (C=O) groups excluding carboxylic acids is 4. The molecule has 4 amide bonds. The maximum atomic E-state index is 12.8. The summed E-state index contributed by atoms with van der Waals surface area (Å²) >= 11 is 0. The number of carbonyl (C=O) groups is 4. The Morgan fingerprint density at radius 3 is 2.61 bits per heavy atom. The summed E-state index contributed by atoms with van der Waals surface area (Å²) in [6.45, 7) is 2.70. The molecule has 4 rings (SSSR count). The Hall–Kier alpha value is -3.48. The lowest BCUT2D eigenvalue weighted by molar-refractivity contribution is -0.132. The van der Waals surface area contributed by atoms with Gasteiger partial charge in [-0.1, -0.05) is 42.0 Å². The second kappa shape index (κ2) is 8.71. The predicted molar refractivity (Wildman–Crippen MR) is 114 cm³/mol. The van der Waals surface area contributed by atoms with E-state index >= 15 is 0 Å². The van der Waals surface area contributed by atoms with Gasteiger partial charge in [0.25, 0.3) is 5.91 Å². The molecule has 0 bridgehead atoms. The van der Waals surface area contributed by atoms with Gasteiger partial charge in [0, 0.05) is 25.1 Å². The predicted octanol–water partition coefficient (Wildman–Crippen LogP) is 2.01. The summed E-state index contributed by atoms with van der Waals surface area (Å²) in [6.07, 6.45) is 1.65. The maximum absolute atomic E-state index is 12.8. The van der Waals surface area contributed by atoms with Gasteiger partial charge in [0.15, 0.2) is 0 Å². The van der Waals surface area contributed by atoms with Crippen molar-refractivity contribution in [3.8, 4) is 0 Å². The van der Waals surface area contributed by atoms with Crippen LogP contribution >= 0.6 is 0 Å². The Morgan fingerprint density at radius 1 is 1.10 bits per heavy atom. The number of rotatable bonds is 5. The molecule has 1 saturated heterocycles. The minimum Gasteiger partial charge on any atom is -0.352 e. The van der Waals surface area contributed by atoms with Crippen LogP contribution in [0.3, 0.4) is 0 Å². The van der Waals surface area contributed by atoms with Crippen LogP contribution in [0.4, 0.5) is 0 Å². The van der Waals surface area contributed by atoms with E-state index in [9.17, 15) is 19.2 Å². The van der Waals surface area contributed by atoms with Crippen LogP contribution in [0, 0.1) is 6.92 Å². The average molecular weight is 419 g/mol. The van der Waals surface area contributed by atoms with Crippen molar-refractivity contribution < 1.29 is 19.2 Å². The molecular formula is C24H25N3O4. The van der Waals surface area contributed by atoms with Crippen molar-refractivity contribution in [3.05, 3.63) is 70.3 Å². The standard InChI is InChI=1S/C24H25N3O4/c1-15-5-7-16(8-6-15)12-22(29)25-13-17-9-10-19-18(11-17)14-27(24(19)31)20-3-2-4-21(28)26-23(20)30/h5-11,20H,2-4,12-14H2,1H3,(H,25,29)(H,26,28,30)/t20-/m0/s1. The largest absolute Gasteiger partial charge is 0.352 e. The molecule has 160 valence electrons. The molecule has 2 aliphatic heterocycles. The van der Waals surface area contributed by atoms with Gasteiger partial charge in [-0.2, -0.15) is 0 Å². The summed E-state index contributed by atoms with van der Waals surface area (Å²) in [5, 5.41) is 5.28. The van der Waals surface area contributed by atoms with Crippen LogP contribution in [0.25, 0.3) is 0 Å². The number of nitrogens with one attached hydrogen (secondary N) is 2. The summed E-state index contributed by atoms with van der Waals surface area (Å²) in [5.41, 5.74) is 4.40. The molecule has 0 radical (unpaired) electrons. The number of amides is 4. The second-order valence-corrected chi connectivity index (χ2v) is 8.18. The molecule has 2 aromatic rings. The highest BCUT2D eigenvalue weighted by molar-refractivity contribution is 6.04. The number of aryl methyl sites for hydroxylation is 1. The van der Waals surface area contributed by atoms with Crippen LogP contribution in [0.2, 0.25) is 0 Å². The molecule has 0 aliphatic carbocycles. The second-order valence-electron chi connectivity index (χ2n) is 8.18. The highest BCUT2D eigenvalue weighted by Crippen LogP contribution is 2.28. The lowest BCUT2D eigenvalue weighted by Gasteiger charge is -2.24. The van der Waals surface area contributed by atoms with E-state index in [1.807, 2.05) is 43.3 Å². The molecule has 0 unspecified atom stereocenters. The molecule has 2 heterocycles.